The zero-order valence-electron chi connectivity index (χ0n) is 19.9. The maximum Gasteiger partial charge on any atom is 0.337 e. The van der Waals surface area contributed by atoms with E-state index in [4.69, 9.17) is 23.6 Å². The second kappa shape index (κ2) is 9.79. The Morgan fingerprint density at radius 2 is 1.78 bits per heavy atom. The molecule has 0 saturated carbocycles. The van der Waals surface area contributed by atoms with Gasteiger partial charge in [0.05, 0.1) is 38.8 Å². The number of nitrogens with one attached hydrogen (secondary N) is 1. The van der Waals surface area contributed by atoms with Gasteiger partial charge in [-0.15, -0.1) is 5.10 Å². The van der Waals surface area contributed by atoms with Gasteiger partial charge in [0.25, 0.3) is 0 Å². The lowest BCUT2D eigenvalue weighted by atomic mass is 10.1. The van der Waals surface area contributed by atoms with Crippen LogP contribution in [0.3, 0.4) is 0 Å². The molecule has 5 aromatic rings. The quantitative estimate of drug-likeness (QED) is 0.318. The van der Waals surface area contributed by atoms with Gasteiger partial charge in [0, 0.05) is 18.2 Å². The predicted molar refractivity (Wildman–Crippen MR) is 132 cm³/mol. The number of esters is 1. The first kappa shape index (κ1) is 22.9. The molecule has 5 rings (SSSR count). The molecule has 0 bridgehead atoms. The number of hydrogen-bond donors (Lipinski definition) is 1. The average Bonchev–Trinajstić information content (AvgIpc) is 3.61. The van der Waals surface area contributed by atoms with Crippen molar-refractivity contribution in [2.24, 2.45) is 0 Å². The Hall–Kier alpha value is -4.86. The van der Waals surface area contributed by atoms with E-state index < -0.39 is 5.97 Å². The number of methoxy groups -OCH3 is 3. The van der Waals surface area contributed by atoms with Crippen LogP contribution in [0.5, 0.6) is 11.5 Å². The Kier molecular flexibility index (Phi) is 6.23. The van der Waals surface area contributed by atoms with Gasteiger partial charge in [0.15, 0.2) is 22.9 Å². The molecule has 0 amide bonds. The van der Waals surface area contributed by atoms with Crippen molar-refractivity contribution in [1.29, 1.82) is 0 Å². The number of aromatic nitrogens is 4. The number of carbonyl (C=O) groups excluding carboxylic acids is 1. The van der Waals surface area contributed by atoms with E-state index in [9.17, 15) is 4.79 Å². The molecule has 0 atom stereocenters. The minimum absolute atomic E-state index is 0.400. The molecule has 0 fully saturated rings. The molecule has 0 aliphatic carbocycles. The van der Waals surface area contributed by atoms with Crippen molar-refractivity contribution in [2.45, 2.75) is 6.54 Å². The average molecular weight is 486 g/mol. The van der Waals surface area contributed by atoms with E-state index in [-0.39, 0.29) is 0 Å². The van der Waals surface area contributed by atoms with Crippen LogP contribution in [0.1, 0.15) is 15.9 Å². The first-order valence-electron chi connectivity index (χ1n) is 11.0. The molecule has 10 heteroatoms. The fraction of sp³-hybridized carbons (Fsp3) is 0.154. The summed E-state index contributed by atoms with van der Waals surface area (Å²) in [4.78, 5) is 21.2. The van der Waals surface area contributed by atoms with Crippen LogP contribution < -0.4 is 14.8 Å². The molecular formula is C26H23N5O5. The number of carbonyl (C=O) groups is 1. The van der Waals surface area contributed by atoms with Gasteiger partial charge in [-0.2, -0.15) is 4.52 Å². The Morgan fingerprint density at radius 3 is 2.47 bits per heavy atom. The van der Waals surface area contributed by atoms with E-state index in [1.54, 1.807) is 49.3 Å². The van der Waals surface area contributed by atoms with E-state index in [1.165, 1.54) is 7.11 Å². The molecule has 0 unspecified atom stereocenters. The van der Waals surface area contributed by atoms with Crippen LogP contribution in [-0.2, 0) is 11.3 Å². The Morgan fingerprint density at radius 1 is 0.972 bits per heavy atom. The molecule has 1 N–H and O–H groups in total. The molecule has 36 heavy (non-hydrogen) atoms. The summed E-state index contributed by atoms with van der Waals surface area (Å²) in [6.07, 6.45) is 1.57. The van der Waals surface area contributed by atoms with Gasteiger partial charge in [0.1, 0.15) is 0 Å². The van der Waals surface area contributed by atoms with Crippen molar-refractivity contribution in [3.05, 3.63) is 78.1 Å². The van der Waals surface area contributed by atoms with E-state index in [0.717, 1.165) is 11.1 Å². The lowest BCUT2D eigenvalue weighted by molar-refractivity contribution is 0.0600. The smallest absolute Gasteiger partial charge is 0.337 e. The fourth-order valence-corrected chi connectivity index (χ4v) is 3.73. The van der Waals surface area contributed by atoms with E-state index in [1.807, 2.05) is 36.4 Å². The molecule has 2 aromatic carbocycles. The van der Waals surface area contributed by atoms with E-state index >= 15 is 0 Å². The highest BCUT2D eigenvalue weighted by Gasteiger charge is 2.16. The highest BCUT2D eigenvalue weighted by molar-refractivity contribution is 5.90. The van der Waals surface area contributed by atoms with Crippen molar-refractivity contribution in [3.63, 3.8) is 0 Å². The molecule has 10 nitrogen and oxygen atoms in total. The second-order valence-corrected chi connectivity index (χ2v) is 7.76. The van der Waals surface area contributed by atoms with Crippen LogP contribution in [-0.4, -0.2) is 46.9 Å². The first-order chi connectivity index (χ1) is 17.6. The third-order valence-corrected chi connectivity index (χ3v) is 5.57. The number of fused-ring (bicyclic) bond motifs is 1. The number of furan rings is 1. The van der Waals surface area contributed by atoms with Crippen molar-refractivity contribution in [1.82, 2.24) is 19.6 Å². The zero-order valence-corrected chi connectivity index (χ0v) is 19.9. The van der Waals surface area contributed by atoms with Gasteiger partial charge in [-0.1, -0.05) is 18.2 Å². The summed E-state index contributed by atoms with van der Waals surface area (Å²) in [6.45, 7) is 0.448. The molecule has 0 aliphatic heterocycles. The maximum absolute atomic E-state index is 11.8. The largest absolute Gasteiger partial charge is 0.493 e. The third-order valence-electron chi connectivity index (χ3n) is 5.57. The van der Waals surface area contributed by atoms with Gasteiger partial charge in [-0.3, -0.25) is 0 Å². The van der Waals surface area contributed by atoms with Gasteiger partial charge in [-0.25, -0.2) is 14.8 Å². The van der Waals surface area contributed by atoms with Crippen LogP contribution >= 0.6 is 0 Å². The summed E-state index contributed by atoms with van der Waals surface area (Å²) in [5.41, 5.74) is 3.46. The standard InChI is InChI=1S/C26H23N5O5/c1-33-20-11-6-16(13-22(20)34-2)15-27-26-28-19(17-7-9-18(10-8-17)25(32)35-3)14-23-29-24(30-31(23)26)21-5-4-12-36-21/h4-14H,15H2,1-3H3,(H,27,28). The van der Waals surface area contributed by atoms with E-state index in [0.29, 0.717) is 52.5 Å². The minimum Gasteiger partial charge on any atom is -0.493 e. The summed E-state index contributed by atoms with van der Waals surface area (Å²) in [5.74, 6) is 2.36. The number of anilines is 1. The lowest BCUT2D eigenvalue weighted by Gasteiger charge is -2.12. The van der Waals surface area contributed by atoms with Crippen LogP contribution in [0.4, 0.5) is 5.95 Å². The molecule has 0 saturated heterocycles. The van der Waals surface area contributed by atoms with Crippen LogP contribution in [0, 0.1) is 0 Å². The van der Waals surface area contributed by atoms with Gasteiger partial charge >= 0.3 is 5.97 Å². The van der Waals surface area contributed by atoms with Crippen molar-refractivity contribution in [3.8, 4) is 34.3 Å². The number of rotatable bonds is 8. The predicted octanol–water partition coefficient (Wildman–Crippen LogP) is 4.47. The van der Waals surface area contributed by atoms with Gasteiger partial charge < -0.3 is 23.9 Å². The summed E-state index contributed by atoms with van der Waals surface area (Å²) in [5, 5.41) is 7.94. The number of benzene rings is 2. The molecular weight excluding hydrogens is 462 g/mol. The summed E-state index contributed by atoms with van der Waals surface area (Å²) in [6, 6.07) is 18.1. The molecule has 182 valence electrons. The highest BCUT2D eigenvalue weighted by atomic mass is 16.5. The second-order valence-electron chi connectivity index (χ2n) is 7.76. The topological polar surface area (TPSA) is 113 Å². The third kappa shape index (κ3) is 4.43. The summed E-state index contributed by atoms with van der Waals surface area (Å²) >= 11 is 0. The van der Waals surface area contributed by atoms with Crippen molar-refractivity contribution in [2.75, 3.05) is 26.6 Å². The van der Waals surface area contributed by atoms with Crippen LogP contribution in [0.25, 0.3) is 28.5 Å². The van der Waals surface area contributed by atoms with Crippen molar-refractivity contribution < 1.29 is 23.4 Å². The first-order valence-corrected chi connectivity index (χ1v) is 11.0. The monoisotopic (exact) mass is 485 g/mol. The lowest BCUT2D eigenvalue weighted by Crippen LogP contribution is -2.09. The van der Waals surface area contributed by atoms with Gasteiger partial charge in [-0.05, 0) is 42.0 Å². The number of hydrogen-bond acceptors (Lipinski definition) is 9. The Balaban J connectivity index is 1.53. The number of ether oxygens (including phenoxy) is 3. The number of nitrogens with zero attached hydrogens (tertiary/aromatic N) is 4. The van der Waals surface area contributed by atoms with E-state index in [2.05, 4.69) is 15.4 Å². The zero-order chi connectivity index (χ0) is 25.1. The molecule has 3 aromatic heterocycles. The molecule has 0 aliphatic rings. The maximum atomic E-state index is 11.8. The molecule has 0 radical (unpaired) electrons. The normalized spacial score (nSPS) is 10.9. The minimum atomic E-state index is -0.400. The Labute approximate surface area is 206 Å². The Bertz CT molecular complexity index is 1510. The van der Waals surface area contributed by atoms with Gasteiger partial charge in [0.2, 0.25) is 11.8 Å². The van der Waals surface area contributed by atoms with Crippen LogP contribution in [0.2, 0.25) is 0 Å². The summed E-state index contributed by atoms with van der Waals surface area (Å²) < 4.78 is 22.6. The highest BCUT2D eigenvalue weighted by Crippen LogP contribution is 2.28. The fourth-order valence-electron chi connectivity index (χ4n) is 3.73. The van der Waals surface area contributed by atoms with Crippen molar-refractivity contribution >= 4 is 17.6 Å². The SMILES string of the molecule is COC(=O)c1ccc(-c2cc3nc(-c4ccco4)nn3c(NCc3ccc(OC)c(OC)c3)n2)cc1. The molecule has 0 spiro atoms. The molecule has 3 heterocycles. The summed E-state index contributed by atoms with van der Waals surface area (Å²) in [7, 11) is 4.55. The van der Waals surface area contributed by atoms with Crippen LogP contribution in [0.15, 0.2) is 71.3 Å².